The molecule has 3 nitrogen and oxygen atoms in total. The molecule has 0 aromatic rings. The molecule has 3 fully saturated rings. The molecule has 3 aliphatic rings. The van der Waals surface area contributed by atoms with Gasteiger partial charge in [0.25, 0.3) is 0 Å². The van der Waals surface area contributed by atoms with E-state index in [0.717, 1.165) is 17.8 Å². The maximum atomic E-state index is 11.2. The zero-order valence-electron chi connectivity index (χ0n) is 11.1. The van der Waals surface area contributed by atoms with Gasteiger partial charge in [0.1, 0.15) is 0 Å². The molecule has 3 rings (SSSR count). The van der Waals surface area contributed by atoms with Crippen LogP contribution in [-0.2, 0) is 4.79 Å². The summed E-state index contributed by atoms with van der Waals surface area (Å²) in [7, 11) is 0. The van der Waals surface area contributed by atoms with Crippen molar-refractivity contribution in [3.8, 4) is 0 Å². The molecule has 0 radical (unpaired) electrons. The number of amides is 1. The second kappa shape index (κ2) is 5.04. The predicted molar refractivity (Wildman–Crippen MR) is 72.1 cm³/mol. The molecule has 3 heteroatoms. The largest absolute Gasteiger partial charge is 0.349 e. The standard InChI is InChI=1S/C15H24N2O/c1-2-14(18)16-15-12-9-17(10-13(12)15)8-11-6-4-3-5-7-11/h2,11-13,15H,1,3-10H2,(H,16,18)/t12-,13+,15?. The van der Waals surface area contributed by atoms with Gasteiger partial charge in [-0.15, -0.1) is 0 Å². The number of carbonyl (C=O) groups excluding carboxylic acids is 1. The highest BCUT2D eigenvalue weighted by molar-refractivity contribution is 5.87. The minimum Gasteiger partial charge on any atom is -0.349 e. The fourth-order valence-corrected chi connectivity index (χ4v) is 3.93. The second-order valence-electron chi connectivity index (χ2n) is 6.29. The number of nitrogens with zero attached hydrogens (tertiary/aromatic N) is 1. The van der Waals surface area contributed by atoms with Gasteiger partial charge in [-0.05, 0) is 36.7 Å². The minimum absolute atomic E-state index is 0.00627. The van der Waals surface area contributed by atoms with Crippen molar-refractivity contribution in [1.82, 2.24) is 10.2 Å². The highest BCUT2D eigenvalue weighted by Crippen LogP contribution is 2.46. The summed E-state index contributed by atoms with van der Waals surface area (Å²) in [6.45, 7) is 7.20. The van der Waals surface area contributed by atoms with E-state index in [4.69, 9.17) is 0 Å². The van der Waals surface area contributed by atoms with E-state index in [2.05, 4.69) is 16.8 Å². The van der Waals surface area contributed by atoms with Crippen LogP contribution in [0, 0.1) is 17.8 Å². The molecule has 0 spiro atoms. The monoisotopic (exact) mass is 248 g/mol. The van der Waals surface area contributed by atoms with Gasteiger partial charge in [-0.25, -0.2) is 0 Å². The van der Waals surface area contributed by atoms with Gasteiger partial charge in [0.2, 0.25) is 5.91 Å². The molecule has 2 aliphatic carbocycles. The Morgan fingerprint density at radius 2 is 1.89 bits per heavy atom. The van der Waals surface area contributed by atoms with Crippen molar-refractivity contribution in [3.05, 3.63) is 12.7 Å². The molecule has 1 amide bonds. The third-order valence-electron chi connectivity index (χ3n) is 5.01. The fourth-order valence-electron chi connectivity index (χ4n) is 3.93. The number of piperidine rings is 1. The second-order valence-corrected chi connectivity index (χ2v) is 6.29. The summed E-state index contributed by atoms with van der Waals surface area (Å²) in [5.74, 6) is 2.38. The van der Waals surface area contributed by atoms with Crippen molar-refractivity contribution in [3.63, 3.8) is 0 Å². The first-order valence-corrected chi connectivity index (χ1v) is 7.43. The first-order chi connectivity index (χ1) is 8.78. The maximum Gasteiger partial charge on any atom is 0.243 e. The smallest absolute Gasteiger partial charge is 0.243 e. The minimum atomic E-state index is -0.00627. The molecule has 18 heavy (non-hydrogen) atoms. The lowest BCUT2D eigenvalue weighted by Gasteiger charge is -2.28. The number of carbonyl (C=O) groups is 1. The molecule has 3 atom stereocenters. The Kier molecular flexibility index (Phi) is 3.42. The van der Waals surface area contributed by atoms with Crippen LogP contribution in [0.3, 0.4) is 0 Å². The Balaban J connectivity index is 1.40. The maximum absolute atomic E-state index is 11.2. The molecule has 1 heterocycles. The van der Waals surface area contributed by atoms with Gasteiger partial charge in [0, 0.05) is 25.7 Å². The van der Waals surface area contributed by atoms with Crippen LogP contribution < -0.4 is 5.32 Å². The van der Waals surface area contributed by atoms with E-state index in [1.165, 1.54) is 57.8 Å². The molecule has 0 aromatic carbocycles. The Morgan fingerprint density at radius 1 is 1.22 bits per heavy atom. The van der Waals surface area contributed by atoms with Crippen molar-refractivity contribution >= 4 is 5.91 Å². The summed E-state index contributed by atoms with van der Waals surface area (Å²) in [6.07, 6.45) is 8.56. The quantitative estimate of drug-likeness (QED) is 0.769. The predicted octanol–water partition coefficient (Wildman–Crippen LogP) is 1.80. The number of nitrogens with one attached hydrogen (secondary N) is 1. The molecular formula is C15H24N2O. The van der Waals surface area contributed by atoms with E-state index in [1.807, 2.05) is 0 Å². The van der Waals surface area contributed by atoms with Crippen molar-refractivity contribution in [2.45, 2.75) is 38.1 Å². The average molecular weight is 248 g/mol. The van der Waals surface area contributed by atoms with Crippen molar-refractivity contribution < 1.29 is 4.79 Å². The van der Waals surface area contributed by atoms with Crippen LogP contribution in [0.4, 0.5) is 0 Å². The van der Waals surface area contributed by atoms with Crippen LogP contribution in [0.2, 0.25) is 0 Å². The van der Waals surface area contributed by atoms with E-state index in [1.54, 1.807) is 0 Å². The van der Waals surface area contributed by atoms with Gasteiger partial charge in [-0.2, -0.15) is 0 Å². The number of likely N-dealkylation sites (tertiary alicyclic amines) is 1. The van der Waals surface area contributed by atoms with Gasteiger partial charge >= 0.3 is 0 Å². The molecule has 2 saturated carbocycles. The van der Waals surface area contributed by atoms with Crippen LogP contribution >= 0.6 is 0 Å². The van der Waals surface area contributed by atoms with Gasteiger partial charge < -0.3 is 10.2 Å². The molecule has 1 aliphatic heterocycles. The van der Waals surface area contributed by atoms with E-state index in [9.17, 15) is 4.79 Å². The third-order valence-corrected chi connectivity index (χ3v) is 5.01. The lowest BCUT2D eigenvalue weighted by atomic mass is 9.89. The molecule has 0 bridgehead atoms. The van der Waals surface area contributed by atoms with E-state index >= 15 is 0 Å². The molecule has 100 valence electrons. The topological polar surface area (TPSA) is 32.3 Å². The van der Waals surface area contributed by atoms with Crippen LogP contribution in [0.1, 0.15) is 32.1 Å². The van der Waals surface area contributed by atoms with Gasteiger partial charge in [0.15, 0.2) is 0 Å². The summed E-state index contributed by atoms with van der Waals surface area (Å²) < 4.78 is 0. The van der Waals surface area contributed by atoms with Crippen molar-refractivity contribution in [2.75, 3.05) is 19.6 Å². The summed E-state index contributed by atoms with van der Waals surface area (Å²) >= 11 is 0. The zero-order chi connectivity index (χ0) is 12.5. The van der Waals surface area contributed by atoms with E-state index in [-0.39, 0.29) is 5.91 Å². The van der Waals surface area contributed by atoms with Gasteiger partial charge in [-0.1, -0.05) is 25.8 Å². The molecular weight excluding hydrogens is 224 g/mol. The first-order valence-electron chi connectivity index (χ1n) is 7.43. The zero-order valence-corrected chi connectivity index (χ0v) is 11.1. The molecule has 1 N–H and O–H groups in total. The summed E-state index contributed by atoms with van der Waals surface area (Å²) in [4.78, 5) is 13.9. The molecule has 1 saturated heterocycles. The number of fused-ring (bicyclic) bond motifs is 1. The van der Waals surface area contributed by atoms with E-state index in [0.29, 0.717) is 6.04 Å². The number of hydrogen-bond donors (Lipinski definition) is 1. The van der Waals surface area contributed by atoms with Gasteiger partial charge in [0.05, 0.1) is 0 Å². The summed E-state index contributed by atoms with van der Waals surface area (Å²) in [5, 5.41) is 3.05. The van der Waals surface area contributed by atoms with Crippen molar-refractivity contribution in [2.24, 2.45) is 17.8 Å². The fraction of sp³-hybridized carbons (Fsp3) is 0.800. The lowest BCUT2D eigenvalue weighted by molar-refractivity contribution is -0.116. The SMILES string of the molecule is C=CC(=O)NC1[C@H]2CN(CC3CCCCC3)C[C@@H]12. The average Bonchev–Trinajstić information content (AvgIpc) is 2.85. The first kappa shape index (κ1) is 12.2. The number of hydrogen-bond acceptors (Lipinski definition) is 2. The van der Waals surface area contributed by atoms with Crippen LogP contribution in [-0.4, -0.2) is 36.5 Å². The number of rotatable bonds is 4. The molecule has 1 unspecified atom stereocenters. The normalized spacial score (nSPS) is 36.1. The third kappa shape index (κ3) is 2.46. The summed E-state index contributed by atoms with van der Waals surface area (Å²) in [5.41, 5.74) is 0. The highest BCUT2D eigenvalue weighted by Gasteiger charge is 2.56. The van der Waals surface area contributed by atoms with Gasteiger partial charge in [-0.3, -0.25) is 4.79 Å². The van der Waals surface area contributed by atoms with Crippen LogP contribution in [0.15, 0.2) is 12.7 Å². The van der Waals surface area contributed by atoms with E-state index < -0.39 is 0 Å². The molecule has 0 aromatic heterocycles. The Labute approximate surface area is 110 Å². The van der Waals surface area contributed by atoms with Crippen LogP contribution in [0.5, 0.6) is 0 Å². The lowest BCUT2D eigenvalue weighted by Crippen LogP contribution is -2.36. The Hall–Kier alpha value is -0.830. The highest BCUT2D eigenvalue weighted by atomic mass is 16.1. The summed E-state index contributed by atoms with van der Waals surface area (Å²) in [6, 6.07) is 0.443. The van der Waals surface area contributed by atoms with Crippen molar-refractivity contribution in [1.29, 1.82) is 0 Å². The Bertz CT molecular complexity index is 323. The Morgan fingerprint density at radius 3 is 2.50 bits per heavy atom. The van der Waals surface area contributed by atoms with Crippen LogP contribution in [0.25, 0.3) is 0 Å².